The molecule has 0 bridgehead atoms. The molecule has 3 aromatic rings. The molecule has 0 radical (unpaired) electrons. The Morgan fingerprint density at radius 3 is 2.49 bits per heavy atom. The standard InChI is InChI=1S/C25H16BrCl2NO5S/c1-33-20-11-15(10-18(26)22(20)34-24(31)17-4-2-3-5-19(17)28)12-21-23(30)29(25(32)35-21)13-14-6-8-16(27)9-7-14/h2-12H,13H2,1H3/b21-12-. The normalized spacial score (nSPS) is 14.5. The van der Waals surface area contributed by atoms with E-state index in [0.29, 0.717) is 15.1 Å². The largest absolute Gasteiger partial charge is 0.493 e. The smallest absolute Gasteiger partial charge is 0.345 e. The van der Waals surface area contributed by atoms with Gasteiger partial charge in [-0.15, -0.1) is 0 Å². The number of carbonyl (C=O) groups excluding carboxylic acids is 3. The number of halogens is 3. The van der Waals surface area contributed by atoms with E-state index in [4.69, 9.17) is 32.7 Å². The van der Waals surface area contributed by atoms with Gasteiger partial charge in [-0.05, 0) is 81.3 Å². The molecule has 4 rings (SSSR count). The summed E-state index contributed by atoms with van der Waals surface area (Å²) in [5, 5.41) is 0.467. The van der Waals surface area contributed by atoms with Gasteiger partial charge in [0.25, 0.3) is 11.1 Å². The summed E-state index contributed by atoms with van der Waals surface area (Å²) in [5.41, 5.74) is 1.57. The predicted octanol–water partition coefficient (Wildman–Crippen LogP) is 7.22. The number of amides is 2. The van der Waals surface area contributed by atoms with Gasteiger partial charge >= 0.3 is 5.97 Å². The van der Waals surface area contributed by atoms with Crippen LogP contribution in [0.2, 0.25) is 10.0 Å². The summed E-state index contributed by atoms with van der Waals surface area (Å²) in [6.45, 7) is 0.142. The molecule has 0 aromatic heterocycles. The van der Waals surface area contributed by atoms with Crippen LogP contribution in [0.1, 0.15) is 21.5 Å². The molecule has 1 saturated heterocycles. The van der Waals surface area contributed by atoms with Crippen LogP contribution in [0.4, 0.5) is 4.79 Å². The molecule has 0 N–H and O–H groups in total. The maximum atomic E-state index is 12.9. The first-order valence-electron chi connectivity index (χ1n) is 10.1. The van der Waals surface area contributed by atoms with Crippen molar-refractivity contribution < 1.29 is 23.9 Å². The Morgan fingerprint density at radius 2 is 1.80 bits per heavy atom. The van der Waals surface area contributed by atoms with E-state index >= 15 is 0 Å². The van der Waals surface area contributed by atoms with Crippen LogP contribution in [-0.2, 0) is 11.3 Å². The van der Waals surface area contributed by atoms with Crippen molar-refractivity contribution in [1.82, 2.24) is 4.90 Å². The van der Waals surface area contributed by atoms with Crippen molar-refractivity contribution in [3.05, 3.63) is 96.8 Å². The topological polar surface area (TPSA) is 72.9 Å². The van der Waals surface area contributed by atoms with E-state index in [1.54, 1.807) is 66.7 Å². The highest BCUT2D eigenvalue weighted by Crippen LogP contribution is 2.40. The van der Waals surface area contributed by atoms with Crippen molar-refractivity contribution in [1.29, 1.82) is 0 Å². The Labute approximate surface area is 223 Å². The van der Waals surface area contributed by atoms with Crippen LogP contribution < -0.4 is 9.47 Å². The molecule has 1 aliphatic rings. The number of ether oxygens (including phenoxy) is 2. The molecule has 0 aliphatic carbocycles. The van der Waals surface area contributed by atoms with Gasteiger partial charge in [0, 0.05) is 5.02 Å². The summed E-state index contributed by atoms with van der Waals surface area (Å²) >= 11 is 16.2. The molecule has 6 nitrogen and oxygen atoms in total. The molecule has 2 amide bonds. The first-order chi connectivity index (χ1) is 16.8. The average Bonchev–Trinajstić information content (AvgIpc) is 3.09. The Balaban J connectivity index is 1.57. The van der Waals surface area contributed by atoms with Crippen LogP contribution in [0.25, 0.3) is 6.08 Å². The molecule has 10 heteroatoms. The number of imide groups is 1. The first-order valence-corrected chi connectivity index (χ1v) is 12.5. The molecule has 35 heavy (non-hydrogen) atoms. The average molecular weight is 593 g/mol. The number of esters is 1. The fraction of sp³-hybridized carbons (Fsp3) is 0.0800. The third-order valence-electron chi connectivity index (χ3n) is 4.97. The molecule has 178 valence electrons. The third kappa shape index (κ3) is 5.73. The molecule has 1 aliphatic heterocycles. The number of carbonyl (C=O) groups is 3. The van der Waals surface area contributed by atoms with Gasteiger partial charge in [0.1, 0.15) is 0 Å². The van der Waals surface area contributed by atoms with Gasteiger partial charge in [-0.1, -0.05) is 47.5 Å². The lowest BCUT2D eigenvalue weighted by molar-refractivity contribution is -0.123. The zero-order chi connectivity index (χ0) is 25.1. The summed E-state index contributed by atoms with van der Waals surface area (Å²) in [6, 6.07) is 16.7. The van der Waals surface area contributed by atoms with Gasteiger partial charge in [0.15, 0.2) is 11.5 Å². The van der Waals surface area contributed by atoms with E-state index in [-0.39, 0.29) is 38.8 Å². The second-order valence-electron chi connectivity index (χ2n) is 7.30. The minimum Gasteiger partial charge on any atom is -0.493 e. The Bertz CT molecular complexity index is 1360. The van der Waals surface area contributed by atoms with Crippen LogP contribution in [0, 0.1) is 0 Å². The third-order valence-corrected chi connectivity index (χ3v) is 7.04. The highest BCUT2D eigenvalue weighted by atomic mass is 79.9. The fourth-order valence-electron chi connectivity index (χ4n) is 3.26. The SMILES string of the molecule is COc1cc(/C=C2\SC(=O)N(Cc3ccc(Cl)cc3)C2=O)cc(Br)c1OC(=O)c1ccccc1Cl. The van der Waals surface area contributed by atoms with Crippen LogP contribution >= 0.6 is 50.9 Å². The highest BCUT2D eigenvalue weighted by Gasteiger charge is 2.35. The molecule has 0 unspecified atom stereocenters. The van der Waals surface area contributed by atoms with Gasteiger partial charge in [-0.3, -0.25) is 14.5 Å². The lowest BCUT2D eigenvalue weighted by atomic mass is 10.1. The number of benzene rings is 3. The van der Waals surface area contributed by atoms with E-state index in [2.05, 4.69) is 15.9 Å². The predicted molar refractivity (Wildman–Crippen MR) is 140 cm³/mol. The zero-order valence-corrected chi connectivity index (χ0v) is 22.0. The molecule has 1 heterocycles. The quantitative estimate of drug-likeness (QED) is 0.171. The molecular formula is C25H16BrCl2NO5S. The minimum atomic E-state index is -0.648. The van der Waals surface area contributed by atoms with Crippen LogP contribution in [0.15, 0.2) is 70.0 Å². The van der Waals surface area contributed by atoms with Gasteiger partial charge in [0.2, 0.25) is 0 Å². The molecule has 0 atom stereocenters. The number of methoxy groups -OCH3 is 1. The number of rotatable bonds is 6. The van der Waals surface area contributed by atoms with Crippen molar-refractivity contribution in [2.45, 2.75) is 6.54 Å². The van der Waals surface area contributed by atoms with Gasteiger partial charge in [0.05, 0.1) is 33.6 Å². The van der Waals surface area contributed by atoms with E-state index in [0.717, 1.165) is 17.3 Å². The number of thioether (sulfide) groups is 1. The molecule has 3 aromatic carbocycles. The van der Waals surface area contributed by atoms with Crippen LogP contribution in [0.3, 0.4) is 0 Å². The highest BCUT2D eigenvalue weighted by molar-refractivity contribution is 9.10. The van der Waals surface area contributed by atoms with E-state index in [1.165, 1.54) is 12.0 Å². The summed E-state index contributed by atoms with van der Waals surface area (Å²) in [7, 11) is 1.43. The minimum absolute atomic E-state index is 0.142. The lowest BCUT2D eigenvalue weighted by Crippen LogP contribution is -2.27. The van der Waals surface area contributed by atoms with Crippen LogP contribution in [0.5, 0.6) is 11.5 Å². The van der Waals surface area contributed by atoms with Crippen molar-refractivity contribution in [3.8, 4) is 11.5 Å². The summed E-state index contributed by atoms with van der Waals surface area (Å²) in [6.07, 6.45) is 1.58. The van der Waals surface area contributed by atoms with Crippen molar-refractivity contribution >= 4 is 74.1 Å². The van der Waals surface area contributed by atoms with Gasteiger partial charge < -0.3 is 9.47 Å². The van der Waals surface area contributed by atoms with E-state index < -0.39 is 11.9 Å². The van der Waals surface area contributed by atoms with Gasteiger partial charge in [-0.25, -0.2) is 4.79 Å². The lowest BCUT2D eigenvalue weighted by Gasteiger charge is -2.13. The second-order valence-corrected chi connectivity index (χ2v) is 9.99. The first kappa shape index (κ1) is 25.3. The summed E-state index contributed by atoms with van der Waals surface area (Å²) < 4.78 is 11.4. The zero-order valence-electron chi connectivity index (χ0n) is 18.1. The monoisotopic (exact) mass is 591 g/mol. The Hall–Kier alpha value is -2.78. The maximum Gasteiger partial charge on any atom is 0.345 e. The van der Waals surface area contributed by atoms with Crippen molar-refractivity contribution in [2.75, 3.05) is 7.11 Å². The molecule has 0 saturated carbocycles. The van der Waals surface area contributed by atoms with E-state index in [9.17, 15) is 14.4 Å². The molecule has 1 fully saturated rings. The van der Waals surface area contributed by atoms with Crippen molar-refractivity contribution in [3.63, 3.8) is 0 Å². The number of nitrogens with zero attached hydrogens (tertiary/aromatic N) is 1. The Morgan fingerprint density at radius 1 is 1.09 bits per heavy atom. The molecular weight excluding hydrogens is 577 g/mol. The summed E-state index contributed by atoms with van der Waals surface area (Å²) in [5.74, 6) is -0.637. The Kier molecular flexibility index (Phi) is 7.86. The second kappa shape index (κ2) is 10.9. The van der Waals surface area contributed by atoms with E-state index in [1.807, 2.05) is 0 Å². The number of hydrogen-bond donors (Lipinski definition) is 0. The molecule has 0 spiro atoms. The van der Waals surface area contributed by atoms with Crippen molar-refractivity contribution in [2.24, 2.45) is 0 Å². The maximum absolute atomic E-state index is 12.9. The number of hydrogen-bond acceptors (Lipinski definition) is 6. The van der Waals surface area contributed by atoms with Crippen LogP contribution in [-0.4, -0.2) is 29.1 Å². The summed E-state index contributed by atoms with van der Waals surface area (Å²) in [4.78, 5) is 39.4. The fourth-order valence-corrected chi connectivity index (χ4v) is 4.97. The van der Waals surface area contributed by atoms with Gasteiger partial charge in [-0.2, -0.15) is 0 Å².